The molecule has 2 aliphatic heterocycles. The Morgan fingerprint density at radius 2 is 0.302 bits per heavy atom. The molecule has 16 heteroatoms. The maximum atomic E-state index is 7.55. The van der Waals surface area contributed by atoms with Crippen LogP contribution in [0.5, 0.6) is 0 Å². The molecule has 2 heterocycles. The van der Waals surface area contributed by atoms with Gasteiger partial charge in [0.15, 0.2) is 0 Å². The Labute approximate surface area is 572 Å². The lowest BCUT2D eigenvalue weighted by molar-refractivity contribution is 0.286. The lowest BCUT2D eigenvalue weighted by Crippen LogP contribution is -2.78. The van der Waals surface area contributed by atoms with E-state index < -0.39 is 62.7 Å². The summed E-state index contributed by atoms with van der Waals surface area (Å²) in [6, 6.07) is 117. The second kappa shape index (κ2) is 30.7. The van der Waals surface area contributed by atoms with Gasteiger partial charge in [0.1, 0.15) is 0 Å². The van der Waals surface area contributed by atoms with Gasteiger partial charge < -0.3 is 34.7 Å². The van der Waals surface area contributed by atoms with Gasteiger partial charge in [0.25, 0.3) is 0 Å². The van der Waals surface area contributed by atoms with Crippen LogP contribution in [0.25, 0.3) is 0 Å². The van der Waals surface area contributed by atoms with Crippen LogP contribution in [0.3, 0.4) is 0 Å². The van der Waals surface area contributed by atoms with Crippen LogP contribution in [0.2, 0.25) is 0 Å². The molecular formula is C80H76B4O8Si4. The molecule has 14 rings (SSSR count). The van der Waals surface area contributed by atoms with Gasteiger partial charge in [-0.15, -0.1) is 0 Å². The number of hydrogen-bond donors (Lipinski definition) is 0. The molecule has 0 aromatic heterocycles. The number of benzene rings is 12. The molecule has 8 nitrogen and oxygen atoms in total. The fourth-order valence-corrected chi connectivity index (χ4v) is 25.7. The molecule has 0 atom stereocenters. The van der Waals surface area contributed by atoms with Gasteiger partial charge in [-0.25, -0.2) is 0 Å². The van der Waals surface area contributed by atoms with Crippen molar-refractivity contribution in [2.45, 2.75) is 53.4 Å². The van der Waals surface area contributed by atoms with Crippen molar-refractivity contribution in [2.24, 2.45) is 0 Å². The monoisotopic (exact) mass is 1320 g/mol. The second-order valence-corrected chi connectivity index (χ2v) is 35.5. The van der Waals surface area contributed by atoms with Crippen molar-refractivity contribution in [1.29, 1.82) is 0 Å². The fraction of sp³-hybridized carbons (Fsp3) is 0.100. The van der Waals surface area contributed by atoms with E-state index in [2.05, 4.69) is 222 Å². The summed E-state index contributed by atoms with van der Waals surface area (Å²) in [7, 11) is -17.4. The Morgan fingerprint density at radius 3 is 0.417 bits per heavy atom. The zero-order valence-electron chi connectivity index (χ0n) is 54.7. The van der Waals surface area contributed by atoms with Crippen molar-refractivity contribution in [3.05, 3.63) is 362 Å². The molecule has 0 unspecified atom stereocenters. The SMILES string of the molecule is CCc1ccc(B2O[Si](c3ccccc3)(c3ccccc3)OB(c3ccc(CC)cc3)O[Si](c3ccccc3)(c3ccccc3)O2)cc1.CCc1ccc(B2O[Si](c3ccccc3)(c3ccccc3)OB(c3ccc(CC)cc3)O[Si](c3ccccc3)(c3ccccc3)O2)cc1. The first-order valence-corrected chi connectivity index (χ1v) is 40.8. The van der Waals surface area contributed by atoms with Gasteiger partial charge in [-0.3, -0.25) is 0 Å². The van der Waals surface area contributed by atoms with Crippen LogP contribution in [0, 0.1) is 0 Å². The summed E-state index contributed by atoms with van der Waals surface area (Å²) in [5.41, 5.74) is 8.65. The third kappa shape index (κ3) is 14.2. The molecule has 2 aliphatic rings. The minimum Gasteiger partial charge on any atom is -0.423 e. The Morgan fingerprint density at radius 1 is 0.177 bits per heavy atom. The number of hydrogen-bond acceptors (Lipinski definition) is 8. The summed E-state index contributed by atoms with van der Waals surface area (Å²) < 4.78 is 60.4. The Hall–Kier alpha value is -8.55. The highest BCUT2D eigenvalue weighted by Crippen LogP contribution is 2.27. The predicted octanol–water partition coefficient (Wildman–Crippen LogP) is 8.99. The van der Waals surface area contributed by atoms with Crippen molar-refractivity contribution in [2.75, 3.05) is 0 Å². The first-order chi connectivity index (χ1) is 47.3. The third-order valence-corrected chi connectivity index (χ3v) is 31.2. The van der Waals surface area contributed by atoms with E-state index in [1.165, 1.54) is 22.3 Å². The average molecular weight is 1320 g/mol. The van der Waals surface area contributed by atoms with E-state index in [4.69, 9.17) is 34.7 Å². The maximum absolute atomic E-state index is 7.55. The lowest BCUT2D eigenvalue weighted by atomic mass is 9.80. The standard InChI is InChI=1S/2C40H38B2O4Si2/c2*1-3-33-25-29-35(30-26-33)41-43-47(37-17-9-5-10-18-37,38-19-11-6-12-20-38)45-42(36-31-27-34(4-2)28-32-36)46-48(44-41,39-21-13-7-14-22-39)40-23-15-8-16-24-40/h2*5-32H,3-4H2,1-2H3. The van der Waals surface area contributed by atoms with E-state index >= 15 is 0 Å². The molecule has 12 aromatic rings. The van der Waals surface area contributed by atoms with E-state index in [-0.39, 0.29) is 0 Å². The highest BCUT2D eigenvalue weighted by molar-refractivity contribution is 7.07. The summed E-state index contributed by atoms with van der Waals surface area (Å²) in [6.45, 7) is 8.66. The summed E-state index contributed by atoms with van der Waals surface area (Å²) in [6.07, 6.45) is 3.77. The predicted molar refractivity (Wildman–Crippen MR) is 405 cm³/mol. The first kappa shape index (κ1) is 66.1. The van der Waals surface area contributed by atoms with Crippen LogP contribution < -0.4 is 63.3 Å². The Bertz CT molecular complexity index is 3600. The Kier molecular flexibility index (Phi) is 21.1. The van der Waals surface area contributed by atoms with E-state index in [0.717, 1.165) is 89.0 Å². The molecule has 0 aliphatic carbocycles. The molecule has 472 valence electrons. The second-order valence-electron chi connectivity index (χ2n) is 24.0. The molecule has 0 bridgehead atoms. The third-order valence-electron chi connectivity index (χ3n) is 18.1. The van der Waals surface area contributed by atoms with Gasteiger partial charge >= 0.3 is 62.7 Å². The average Bonchev–Trinajstić information content (AvgIpc) is 0.753. The summed E-state index contributed by atoms with van der Waals surface area (Å²) >= 11 is 0. The van der Waals surface area contributed by atoms with Crippen molar-refractivity contribution in [1.82, 2.24) is 0 Å². The van der Waals surface area contributed by atoms with Gasteiger partial charge in [0.2, 0.25) is 0 Å². The minimum atomic E-state index is -3.55. The summed E-state index contributed by atoms with van der Waals surface area (Å²) in [5.74, 6) is 0. The molecule has 0 radical (unpaired) electrons. The van der Waals surface area contributed by atoms with Gasteiger partial charge in [0.05, 0.1) is 0 Å². The van der Waals surface area contributed by atoms with Crippen LogP contribution in [0.1, 0.15) is 49.9 Å². The molecule has 96 heavy (non-hydrogen) atoms. The van der Waals surface area contributed by atoms with Crippen molar-refractivity contribution in [3.8, 4) is 0 Å². The van der Waals surface area contributed by atoms with Crippen LogP contribution in [-0.2, 0) is 60.4 Å². The van der Waals surface area contributed by atoms with Gasteiger partial charge in [0, 0.05) is 0 Å². The molecule has 2 saturated heterocycles. The smallest absolute Gasteiger partial charge is 0.423 e. The normalized spacial score (nSPS) is 15.8. The van der Waals surface area contributed by atoms with Crippen LogP contribution in [0.15, 0.2) is 340 Å². The van der Waals surface area contributed by atoms with E-state index in [1.54, 1.807) is 0 Å². The summed E-state index contributed by atoms with van der Waals surface area (Å²) in [5, 5.41) is 7.80. The number of aryl methyl sites for hydroxylation is 4. The van der Waals surface area contributed by atoms with Crippen molar-refractivity contribution in [3.63, 3.8) is 0 Å². The lowest BCUT2D eigenvalue weighted by Gasteiger charge is -2.44. The van der Waals surface area contributed by atoms with Crippen LogP contribution >= 0.6 is 0 Å². The van der Waals surface area contributed by atoms with Gasteiger partial charge in [-0.2, -0.15) is 0 Å². The number of rotatable bonds is 16. The molecule has 2 fully saturated rings. The van der Waals surface area contributed by atoms with E-state index in [0.29, 0.717) is 0 Å². The summed E-state index contributed by atoms with van der Waals surface area (Å²) in [4.78, 5) is 0. The van der Waals surface area contributed by atoms with Gasteiger partial charge in [-0.05, 0) is 111 Å². The zero-order valence-corrected chi connectivity index (χ0v) is 58.7. The van der Waals surface area contributed by atoms with Crippen molar-refractivity contribution >= 4 is 126 Å². The Balaban J connectivity index is 0.000000174. The topological polar surface area (TPSA) is 73.8 Å². The molecular weight excluding hydrogens is 1240 g/mol. The zero-order chi connectivity index (χ0) is 65.6. The van der Waals surface area contributed by atoms with E-state index in [1.807, 2.05) is 146 Å². The first-order valence-electron chi connectivity index (χ1n) is 33.5. The molecule has 0 saturated carbocycles. The highest BCUT2D eigenvalue weighted by atomic mass is 28.4. The maximum Gasteiger partial charge on any atom is 0.476 e. The molecule has 12 aromatic carbocycles. The molecule has 0 amide bonds. The van der Waals surface area contributed by atoms with Gasteiger partial charge in [-0.1, -0.05) is 367 Å². The highest BCUT2D eigenvalue weighted by Gasteiger charge is 2.60. The van der Waals surface area contributed by atoms with Crippen molar-refractivity contribution < 1.29 is 34.7 Å². The molecule has 0 spiro atoms. The van der Waals surface area contributed by atoms with Crippen LogP contribution in [-0.4, -0.2) is 62.7 Å². The van der Waals surface area contributed by atoms with E-state index in [9.17, 15) is 0 Å². The fourth-order valence-electron chi connectivity index (χ4n) is 12.6. The minimum absolute atomic E-state index is 0.793. The largest absolute Gasteiger partial charge is 0.476 e. The van der Waals surface area contributed by atoms with Crippen LogP contribution in [0.4, 0.5) is 0 Å². The molecule has 0 N–H and O–H groups in total. The quantitative estimate of drug-likeness (QED) is 0.0890.